The van der Waals surface area contributed by atoms with Crippen LogP contribution in [-0.4, -0.2) is 20.8 Å². The van der Waals surface area contributed by atoms with Gasteiger partial charge in [0, 0.05) is 23.2 Å². The second-order valence-electron chi connectivity index (χ2n) is 10.5. The quantitative estimate of drug-likeness (QED) is 0.369. The first-order valence-electron chi connectivity index (χ1n) is 12.0. The van der Waals surface area contributed by atoms with E-state index in [1.54, 1.807) is 6.07 Å². The van der Waals surface area contributed by atoms with Crippen molar-refractivity contribution in [1.29, 1.82) is 0 Å². The topological polar surface area (TPSA) is 98.0 Å². The number of hydrogen-bond donors (Lipinski definition) is 1. The first kappa shape index (κ1) is 22.4. The Morgan fingerprint density at radius 1 is 1.03 bits per heavy atom. The number of nitrogens with one attached hydrogen (secondary N) is 1. The molecule has 2 aliphatic carbocycles. The van der Waals surface area contributed by atoms with E-state index >= 15 is 0 Å². The molecule has 1 amide bonds. The lowest BCUT2D eigenvalue weighted by molar-refractivity contribution is -0.384. The maximum absolute atomic E-state index is 14.0. The van der Waals surface area contributed by atoms with Gasteiger partial charge in [0.25, 0.3) is 5.69 Å². The van der Waals surface area contributed by atoms with Crippen molar-refractivity contribution in [3.8, 4) is 0 Å². The molecule has 2 bridgehead atoms. The van der Waals surface area contributed by atoms with Crippen molar-refractivity contribution in [2.24, 2.45) is 5.41 Å². The largest absolute Gasteiger partial charge is 0.325 e. The number of carbonyl (C=O) groups excluding carboxylic acids is 1. The molecular formula is C27H30N4O3. The summed E-state index contributed by atoms with van der Waals surface area (Å²) >= 11 is 0. The van der Waals surface area contributed by atoms with Crippen LogP contribution in [0.5, 0.6) is 0 Å². The van der Waals surface area contributed by atoms with Gasteiger partial charge in [-0.3, -0.25) is 14.9 Å². The lowest BCUT2D eigenvalue weighted by Crippen LogP contribution is -2.48. The average Bonchev–Trinajstić information content (AvgIpc) is 3.11. The van der Waals surface area contributed by atoms with E-state index in [1.165, 1.54) is 17.7 Å². The molecule has 2 atom stereocenters. The third-order valence-corrected chi connectivity index (χ3v) is 8.65. The predicted octanol–water partition coefficient (Wildman–Crippen LogP) is 5.85. The van der Waals surface area contributed by atoms with Crippen LogP contribution in [0, 0.1) is 15.5 Å². The minimum Gasteiger partial charge on any atom is -0.325 e. The van der Waals surface area contributed by atoms with Crippen LogP contribution in [0.25, 0.3) is 11.0 Å². The van der Waals surface area contributed by atoms with Crippen LogP contribution in [0.3, 0.4) is 0 Å². The van der Waals surface area contributed by atoms with E-state index in [2.05, 4.69) is 45.1 Å². The van der Waals surface area contributed by atoms with Crippen LogP contribution in [0.2, 0.25) is 0 Å². The summed E-state index contributed by atoms with van der Waals surface area (Å²) in [7, 11) is 0. The minimum atomic E-state index is -0.857. The van der Waals surface area contributed by atoms with Gasteiger partial charge in [0.2, 0.25) is 5.91 Å². The van der Waals surface area contributed by atoms with Crippen LogP contribution in [0.1, 0.15) is 70.3 Å². The third kappa shape index (κ3) is 2.92. The van der Waals surface area contributed by atoms with Gasteiger partial charge >= 0.3 is 0 Å². The number of non-ortho nitro benzene ring substituents is 1. The third-order valence-electron chi connectivity index (χ3n) is 8.65. The number of nitro benzene ring substituents is 1. The summed E-state index contributed by atoms with van der Waals surface area (Å²) in [5.74, 6) is -0.0830. The van der Waals surface area contributed by atoms with Crippen molar-refractivity contribution < 1.29 is 9.72 Å². The summed E-state index contributed by atoms with van der Waals surface area (Å²) in [5.41, 5.74) is 2.98. The number of carbonyl (C=O) groups is 1. The van der Waals surface area contributed by atoms with E-state index in [0.29, 0.717) is 23.1 Å². The van der Waals surface area contributed by atoms with Gasteiger partial charge in [-0.2, -0.15) is 0 Å². The summed E-state index contributed by atoms with van der Waals surface area (Å²) < 4.78 is 0. The van der Waals surface area contributed by atoms with Gasteiger partial charge < -0.3 is 5.32 Å². The SMILES string of the molecule is CCCCc1ccc(NC(=O)C23CCC(C)(c4nc5ccc([N+](=O)[O-])cc5nc42)C3(C)C)cc1. The number of rotatable bonds is 6. The van der Waals surface area contributed by atoms with Crippen molar-refractivity contribution in [3.63, 3.8) is 0 Å². The molecule has 7 heteroatoms. The van der Waals surface area contributed by atoms with Crippen LogP contribution < -0.4 is 5.32 Å². The highest BCUT2D eigenvalue weighted by Gasteiger charge is 2.73. The molecule has 3 aromatic rings. The Kier molecular flexibility index (Phi) is 5.01. The fraction of sp³-hybridized carbons (Fsp3) is 0.444. The number of aryl methyl sites for hydroxylation is 1. The second kappa shape index (κ2) is 7.58. The minimum absolute atomic E-state index is 0.0305. The Bertz CT molecular complexity index is 1320. The maximum Gasteiger partial charge on any atom is 0.271 e. The summed E-state index contributed by atoms with van der Waals surface area (Å²) in [6.07, 6.45) is 4.82. The number of benzene rings is 2. The first-order valence-corrected chi connectivity index (χ1v) is 12.0. The molecule has 1 heterocycles. The molecule has 0 aliphatic heterocycles. The zero-order valence-corrected chi connectivity index (χ0v) is 20.1. The van der Waals surface area contributed by atoms with Crippen molar-refractivity contribution in [2.45, 2.75) is 70.6 Å². The number of amides is 1. The van der Waals surface area contributed by atoms with E-state index in [-0.39, 0.29) is 17.0 Å². The van der Waals surface area contributed by atoms with Gasteiger partial charge in [-0.25, -0.2) is 9.97 Å². The van der Waals surface area contributed by atoms with E-state index in [9.17, 15) is 14.9 Å². The first-order chi connectivity index (χ1) is 16.1. The molecule has 0 spiro atoms. The van der Waals surface area contributed by atoms with E-state index in [1.807, 2.05) is 12.1 Å². The molecule has 34 heavy (non-hydrogen) atoms. The Balaban J connectivity index is 1.58. The Hall–Kier alpha value is -3.35. The van der Waals surface area contributed by atoms with Crippen LogP contribution in [-0.2, 0) is 22.0 Å². The molecule has 0 saturated heterocycles. The molecule has 2 aliphatic rings. The molecule has 2 aromatic carbocycles. The molecule has 1 N–H and O–H groups in total. The van der Waals surface area contributed by atoms with Gasteiger partial charge in [0.1, 0.15) is 0 Å². The van der Waals surface area contributed by atoms with Gasteiger partial charge in [0.15, 0.2) is 0 Å². The van der Waals surface area contributed by atoms with Gasteiger partial charge in [-0.05, 0) is 54.9 Å². The lowest BCUT2D eigenvalue weighted by Gasteiger charge is -2.39. The zero-order chi connectivity index (χ0) is 24.3. The van der Waals surface area contributed by atoms with Gasteiger partial charge in [0.05, 0.1) is 32.8 Å². The molecule has 0 radical (unpaired) electrons. The smallest absolute Gasteiger partial charge is 0.271 e. The number of anilines is 1. The Morgan fingerprint density at radius 2 is 1.74 bits per heavy atom. The average molecular weight is 459 g/mol. The summed E-state index contributed by atoms with van der Waals surface area (Å²) in [4.78, 5) is 34.7. The molecule has 1 saturated carbocycles. The van der Waals surface area contributed by atoms with Crippen LogP contribution in [0.4, 0.5) is 11.4 Å². The number of nitrogens with zero attached hydrogens (tertiary/aromatic N) is 3. The van der Waals surface area contributed by atoms with Crippen LogP contribution in [0.15, 0.2) is 42.5 Å². The van der Waals surface area contributed by atoms with Crippen molar-refractivity contribution in [1.82, 2.24) is 9.97 Å². The van der Waals surface area contributed by atoms with Crippen LogP contribution >= 0.6 is 0 Å². The summed E-state index contributed by atoms with van der Waals surface area (Å²) in [6, 6.07) is 12.6. The molecular weight excluding hydrogens is 428 g/mol. The predicted molar refractivity (Wildman–Crippen MR) is 132 cm³/mol. The summed E-state index contributed by atoms with van der Waals surface area (Å²) in [6.45, 7) is 8.60. The fourth-order valence-corrected chi connectivity index (χ4v) is 6.08. The molecule has 176 valence electrons. The highest BCUT2D eigenvalue weighted by atomic mass is 16.6. The number of aromatic nitrogens is 2. The number of unbranched alkanes of at least 4 members (excludes halogenated alkanes) is 1. The lowest BCUT2D eigenvalue weighted by atomic mass is 9.63. The molecule has 2 unspecified atom stereocenters. The molecule has 7 nitrogen and oxygen atoms in total. The fourth-order valence-electron chi connectivity index (χ4n) is 6.08. The zero-order valence-electron chi connectivity index (χ0n) is 20.1. The summed E-state index contributed by atoms with van der Waals surface area (Å²) in [5, 5.41) is 14.5. The van der Waals surface area contributed by atoms with Crippen molar-refractivity contribution in [2.75, 3.05) is 5.32 Å². The second-order valence-corrected chi connectivity index (χ2v) is 10.5. The number of nitro groups is 1. The number of hydrogen-bond acceptors (Lipinski definition) is 5. The normalized spacial score (nSPS) is 24.2. The Morgan fingerprint density at radius 3 is 2.41 bits per heavy atom. The van der Waals surface area contributed by atoms with E-state index < -0.39 is 15.8 Å². The highest BCUT2D eigenvalue weighted by Crippen LogP contribution is 2.70. The standard InChI is InChI=1S/C27H30N4O3/c1-5-6-7-17-8-10-18(11-9-17)28-24(32)27-15-14-26(4,25(27,2)3)22-23(27)30-21-16-19(31(33)34)12-13-20(21)29-22/h8-13,16H,5-7,14-15H2,1-4H3,(H,28,32). The maximum atomic E-state index is 14.0. The van der Waals surface area contributed by atoms with E-state index in [0.717, 1.165) is 37.1 Å². The molecule has 1 aromatic heterocycles. The van der Waals surface area contributed by atoms with Gasteiger partial charge in [-0.1, -0.05) is 46.2 Å². The van der Waals surface area contributed by atoms with Crippen molar-refractivity contribution >= 4 is 28.3 Å². The number of fused-ring (bicyclic) bond motifs is 6. The monoisotopic (exact) mass is 458 g/mol. The molecule has 5 rings (SSSR count). The van der Waals surface area contributed by atoms with Gasteiger partial charge in [-0.15, -0.1) is 0 Å². The van der Waals surface area contributed by atoms with Crippen molar-refractivity contribution in [3.05, 3.63) is 69.5 Å². The highest BCUT2D eigenvalue weighted by molar-refractivity contribution is 6.02. The molecule has 1 fully saturated rings. The van der Waals surface area contributed by atoms with E-state index in [4.69, 9.17) is 9.97 Å². The Labute approximate surface area is 199 Å².